The minimum absolute atomic E-state index is 0.339. The van der Waals surface area contributed by atoms with Crippen molar-refractivity contribution >= 4 is 54.3 Å². The van der Waals surface area contributed by atoms with E-state index in [-0.39, 0.29) is 0 Å². The van der Waals surface area contributed by atoms with Crippen molar-refractivity contribution in [1.29, 1.82) is 0 Å². The SMILES string of the molecule is [2H]c1ccc2cc(-c3c4ccccc4c(-c4ccc(-c5cc(C(C)C)c6oc7ccccc7c6c5)cc4)c4ccccc34)ccc2c1. The predicted octanol–water partition coefficient (Wildman–Crippen LogP) is 13.2. The quantitative estimate of drug-likeness (QED) is 0.186. The third-order valence-corrected chi connectivity index (χ3v) is 9.54. The summed E-state index contributed by atoms with van der Waals surface area (Å²) in [6, 6.07) is 52.6. The molecule has 0 spiro atoms. The Labute approximate surface area is 269 Å². The standard InChI is InChI=1S/C45H32O/c1-28(2)40-26-34(27-41-35-13-9-10-18-42(35)46-45(40)41)30-19-22-31(23-20-30)43-36-14-5-7-16-38(36)44(39-17-8-6-15-37(39)43)33-24-21-29-11-3-4-12-32(29)25-33/h3-28H,1-2H3/i3D. The van der Waals surface area contributed by atoms with Gasteiger partial charge in [-0.25, -0.2) is 0 Å². The van der Waals surface area contributed by atoms with E-state index in [1.165, 1.54) is 65.9 Å². The molecular formula is C45H32O. The van der Waals surface area contributed by atoms with Gasteiger partial charge >= 0.3 is 0 Å². The summed E-state index contributed by atoms with van der Waals surface area (Å²) in [4.78, 5) is 0. The Morgan fingerprint density at radius 2 is 1.04 bits per heavy atom. The van der Waals surface area contributed by atoms with Crippen LogP contribution in [-0.2, 0) is 0 Å². The van der Waals surface area contributed by atoms with Crippen molar-refractivity contribution in [3.05, 3.63) is 157 Å². The Hall–Kier alpha value is -5.66. The number of rotatable bonds is 4. The zero-order chi connectivity index (χ0) is 31.6. The van der Waals surface area contributed by atoms with Gasteiger partial charge in [0.2, 0.25) is 0 Å². The lowest BCUT2D eigenvalue weighted by molar-refractivity contribution is 0.657. The molecule has 0 aliphatic rings. The van der Waals surface area contributed by atoms with Gasteiger partial charge in [0.15, 0.2) is 0 Å². The van der Waals surface area contributed by atoms with Crippen LogP contribution in [0.15, 0.2) is 156 Å². The van der Waals surface area contributed by atoms with Crippen LogP contribution in [0, 0.1) is 0 Å². The second-order valence-electron chi connectivity index (χ2n) is 12.6. The normalized spacial score (nSPS) is 12.2. The second kappa shape index (κ2) is 10.5. The van der Waals surface area contributed by atoms with Crippen LogP contribution >= 0.6 is 0 Å². The molecule has 9 aromatic rings. The maximum absolute atomic E-state index is 8.05. The molecule has 8 aromatic carbocycles. The topological polar surface area (TPSA) is 13.1 Å². The van der Waals surface area contributed by atoms with E-state index in [0.717, 1.165) is 27.3 Å². The summed E-state index contributed by atoms with van der Waals surface area (Å²) in [6.45, 7) is 4.47. The van der Waals surface area contributed by atoms with E-state index in [0.29, 0.717) is 12.0 Å². The summed E-state index contributed by atoms with van der Waals surface area (Å²) < 4.78 is 14.4. The summed E-state index contributed by atoms with van der Waals surface area (Å²) in [5.74, 6) is 0.339. The third-order valence-electron chi connectivity index (χ3n) is 9.54. The maximum Gasteiger partial charge on any atom is 0.138 e. The number of hydrogen-bond acceptors (Lipinski definition) is 1. The predicted molar refractivity (Wildman–Crippen MR) is 197 cm³/mol. The van der Waals surface area contributed by atoms with Crippen molar-refractivity contribution in [3.8, 4) is 33.4 Å². The minimum atomic E-state index is 0.339. The molecule has 0 amide bonds. The summed E-state index contributed by atoms with van der Waals surface area (Å²) in [5.41, 5.74) is 10.5. The van der Waals surface area contributed by atoms with Crippen LogP contribution < -0.4 is 0 Å². The highest BCUT2D eigenvalue weighted by Gasteiger charge is 2.18. The molecule has 1 nitrogen and oxygen atoms in total. The van der Waals surface area contributed by atoms with Crippen LogP contribution in [0.25, 0.3) is 87.6 Å². The Bertz CT molecular complexity index is 2600. The summed E-state index contributed by atoms with van der Waals surface area (Å²) >= 11 is 0. The molecule has 9 rings (SSSR count). The minimum Gasteiger partial charge on any atom is -0.456 e. The van der Waals surface area contributed by atoms with Crippen LogP contribution in [0.3, 0.4) is 0 Å². The molecule has 1 heterocycles. The smallest absolute Gasteiger partial charge is 0.138 e. The Morgan fingerprint density at radius 1 is 0.457 bits per heavy atom. The van der Waals surface area contributed by atoms with Crippen molar-refractivity contribution in [1.82, 2.24) is 0 Å². The van der Waals surface area contributed by atoms with Gasteiger partial charge in [0.25, 0.3) is 0 Å². The lowest BCUT2D eigenvalue weighted by Crippen LogP contribution is -1.92. The molecule has 1 aromatic heterocycles. The molecule has 0 fully saturated rings. The Kier molecular flexibility index (Phi) is 5.83. The molecule has 0 bridgehead atoms. The monoisotopic (exact) mass is 589 g/mol. The number of hydrogen-bond donors (Lipinski definition) is 0. The molecule has 46 heavy (non-hydrogen) atoms. The highest BCUT2D eigenvalue weighted by Crippen LogP contribution is 2.45. The molecule has 0 atom stereocenters. The van der Waals surface area contributed by atoms with E-state index >= 15 is 0 Å². The molecule has 0 N–H and O–H groups in total. The first kappa shape index (κ1) is 25.6. The first-order chi connectivity index (χ1) is 23.0. The highest BCUT2D eigenvalue weighted by molar-refractivity contribution is 6.21. The average Bonchev–Trinajstić information content (AvgIpc) is 3.48. The first-order valence-electron chi connectivity index (χ1n) is 16.5. The van der Waals surface area contributed by atoms with Gasteiger partial charge < -0.3 is 4.42 Å². The average molecular weight is 590 g/mol. The van der Waals surface area contributed by atoms with E-state index < -0.39 is 0 Å². The van der Waals surface area contributed by atoms with Crippen LogP contribution in [-0.4, -0.2) is 0 Å². The molecule has 0 aliphatic carbocycles. The number of para-hydroxylation sites is 1. The van der Waals surface area contributed by atoms with E-state index in [1.54, 1.807) is 0 Å². The van der Waals surface area contributed by atoms with Crippen molar-refractivity contribution in [2.24, 2.45) is 0 Å². The van der Waals surface area contributed by atoms with Gasteiger partial charge in [-0.15, -0.1) is 0 Å². The summed E-state index contributed by atoms with van der Waals surface area (Å²) in [6.07, 6.45) is 0. The maximum atomic E-state index is 8.05. The Morgan fingerprint density at radius 3 is 1.72 bits per heavy atom. The molecule has 0 saturated carbocycles. The zero-order valence-corrected chi connectivity index (χ0v) is 25.8. The molecule has 1 heteroatoms. The second-order valence-corrected chi connectivity index (χ2v) is 12.6. The van der Waals surface area contributed by atoms with Crippen molar-refractivity contribution < 1.29 is 5.79 Å². The lowest BCUT2D eigenvalue weighted by Gasteiger charge is -2.18. The van der Waals surface area contributed by atoms with Crippen molar-refractivity contribution in [2.75, 3.05) is 0 Å². The summed E-state index contributed by atoms with van der Waals surface area (Å²) in [5, 5.41) is 9.52. The van der Waals surface area contributed by atoms with Crippen LogP contribution in [0.5, 0.6) is 0 Å². The fourth-order valence-electron chi connectivity index (χ4n) is 7.31. The fourth-order valence-corrected chi connectivity index (χ4v) is 7.31. The van der Waals surface area contributed by atoms with E-state index in [9.17, 15) is 0 Å². The number of fused-ring (bicyclic) bond motifs is 6. The number of furan rings is 1. The molecule has 0 aliphatic heterocycles. The number of benzene rings is 8. The molecule has 218 valence electrons. The van der Waals surface area contributed by atoms with Gasteiger partial charge in [0.05, 0.1) is 1.37 Å². The largest absolute Gasteiger partial charge is 0.456 e. The van der Waals surface area contributed by atoms with Crippen LogP contribution in [0.1, 0.15) is 26.7 Å². The molecule has 0 radical (unpaired) electrons. The van der Waals surface area contributed by atoms with Gasteiger partial charge in [0, 0.05) is 10.8 Å². The zero-order valence-electron chi connectivity index (χ0n) is 26.8. The van der Waals surface area contributed by atoms with Gasteiger partial charge in [0.1, 0.15) is 11.2 Å². The Balaban J connectivity index is 1.23. The van der Waals surface area contributed by atoms with Gasteiger partial charge in [-0.05, 0) is 101 Å². The van der Waals surface area contributed by atoms with Crippen LogP contribution in [0.2, 0.25) is 0 Å². The molecule has 0 unspecified atom stereocenters. The fraction of sp³-hybridized carbons (Fsp3) is 0.0667. The van der Waals surface area contributed by atoms with Gasteiger partial charge in [-0.1, -0.05) is 141 Å². The highest BCUT2D eigenvalue weighted by atomic mass is 16.3. The van der Waals surface area contributed by atoms with Crippen molar-refractivity contribution in [3.63, 3.8) is 0 Å². The van der Waals surface area contributed by atoms with Gasteiger partial charge in [-0.2, -0.15) is 0 Å². The van der Waals surface area contributed by atoms with E-state index in [1.807, 2.05) is 18.2 Å². The lowest BCUT2D eigenvalue weighted by atomic mass is 9.85. The van der Waals surface area contributed by atoms with Crippen LogP contribution in [0.4, 0.5) is 0 Å². The van der Waals surface area contributed by atoms with Crippen molar-refractivity contribution in [2.45, 2.75) is 19.8 Å². The van der Waals surface area contributed by atoms with Gasteiger partial charge in [-0.3, -0.25) is 0 Å². The first-order valence-corrected chi connectivity index (χ1v) is 16.0. The van der Waals surface area contributed by atoms with E-state index in [4.69, 9.17) is 5.79 Å². The molecule has 0 saturated heterocycles. The molecular weight excluding hydrogens is 556 g/mol. The van der Waals surface area contributed by atoms with E-state index in [2.05, 4.69) is 141 Å². The third kappa shape index (κ3) is 4.16. The summed E-state index contributed by atoms with van der Waals surface area (Å²) in [7, 11) is 0.